The van der Waals surface area contributed by atoms with Gasteiger partial charge in [0.25, 0.3) is 0 Å². The first-order valence-electron chi connectivity index (χ1n) is 11.2. The average Bonchev–Trinajstić information content (AvgIpc) is 3.17. The van der Waals surface area contributed by atoms with Crippen LogP contribution in [0.4, 0.5) is 10.2 Å². The van der Waals surface area contributed by atoms with Crippen LogP contribution in [0.15, 0.2) is 42.7 Å². The van der Waals surface area contributed by atoms with E-state index in [0.29, 0.717) is 53.5 Å². The lowest BCUT2D eigenvalue weighted by molar-refractivity contribution is -0.136. The summed E-state index contributed by atoms with van der Waals surface area (Å²) in [4.78, 5) is 20.9. The number of fused-ring (bicyclic) bond motifs is 1. The number of hydrogen-bond acceptors (Lipinski definition) is 7. The standard InChI is InChI=1S/C26H26FN3O4S/c1-4-34-22-11-16(5-6-17(22)12-24(31)32)20-13-23(30-14-29-20)28-10-9-18-15(2)35-26-21(33-3)8-7-19(27)25(18)26/h5-8,11,13-14H,4,9-10,12H2,1-3H3,(H,31,32)(H,28,29,30). The van der Waals surface area contributed by atoms with Crippen LogP contribution in [0, 0.1) is 12.7 Å². The molecule has 0 spiro atoms. The van der Waals surface area contributed by atoms with E-state index in [1.54, 1.807) is 25.3 Å². The lowest BCUT2D eigenvalue weighted by Crippen LogP contribution is -2.07. The highest BCUT2D eigenvalue weighted by atomic mass is 32.1. The molecule has 4 aromatic rings. The monoisotopic (exact) mass is 495 g/mol. The second-order valence-electron chi connectivity index (χ2n) is 7.88. The van der Waals surface area contributed by atoms with Gasteiger partial charge in [-0.2, -0.15) is 0 Å². The van der Waals surface area contributed by atoms with E-state index in [1.165, 1.54) is 23.7 Å². The number of hydrogen-bond donors (Lipinski definition) is 2. The molecule has 2 aromatic heterocycles. The zero-order valence-corrected chi connectivity index (χ0v) is 20.5. The van der Waals surface area contributed by atoms with Gasteiger partial charge in [0.05, 0.1) is 30.5 Å². The molecule has 0 saturated heterocycles. The maximum absolute atomic E-state index is 14.6. The first-order valence-corrected chi connectivity index (χ1v) is 12.0. The fourth-order valence-corrected chi connectivity index (χ4v) is 5.22. The van der Waals surface area contributed by atoms with Gasteiger partial charge in [0.15, 0.2) is 0 Å². The highest BCUT2D eigenvalue weighted by Gasteiger charge is 2.17. The van der Waals surface area contributed by atoms with Crippen molar-refractivity contribution in [3.8, 4) is 22.8 Å². The van der Waals surface area contributed by atoms with Crippen molar-refractivity contribution in [2.24, 2.45) is 0 Å². The van der Waals surface area contributed by atoms with Gasteiger partial charge in [-0.15, -0.1) is 11.3 Å². The maximum Gasteiger partial charge on any atom is 0.307 e. The number of aryl methyl sites for hydroxylation is 1. The number of halogens is 1. The normalized spacial score (nSPS) is 11.0. The first kappa shape index (κ1) is 24.4. The number of rotatable bonds is 10. The van der Waals surface area contributed by atoms with Crippen LogP contribution in [0.2, 0.25) is 0 Å². The summed E-state index contributed by atoms with van der Waals surface area (Å²) in [6.45, 7) is 4.83. The predicted octanol–water partition coefficient (Wildman–Crippen LogP) is 5.49. The molecule has 0 unspecified atom stereocenters. The quantitative estimate of drug-likeness (QED) is 0.300. The Hall–Kier alpha value is -3.72. The number of carboxylic acid groups (broad SMARTS) is 1. The molecule has 0 bridgehead atoms. The number of nitrogens with one attached hydrogen (secondary N) is 1. The van der Waals surface area contributed by atoms with Gasteiger partial charge < -0.3 is 19.9 Å². The lowest BCUT2D eigenvalue weighted by Gasteiger charge is -2.12. The van der Waals surface area contributed by atoms with Crippen molar-refractivity contribution < 1.29 is 23.8 Å². The van der Waals surface area contributed by atoms with Crippen LogP contribution >= 0.6 is 11.3 Å². The summed E-state index contributed by atoms with van der Waals surface area (Å²) < 4.78 is 26.5. The van der Waals surface area contributed by atoms with Gasteiger partial charge in [0, 0.05) is 34.0 Å². The largest absolute Gasteiger partial charge is 0.495 e. The molecule has 0 radical (unpaired) electrons. The topological polar surface area (TPSA) is 93.6 Å². The molecule has 4 rings (SSSR count). The zero-order chi connectivity index (χ0) is 24.9. The molecule has 9 heteroatoms. The SMILES string of the molecule is CCOc1cc(-c2cc(NCCc3c(C)sc4c(OC)ccc(F)c34)ncn2)ccc1CC(=O)O. The molecular formula is C26H26FN3O4S. The molecule has 0 aliphatic carbocycles. The average molecular weight is 496 g/mol. The fraction of sp³-hybridized carbons (Fsp3) is 0.269. The van der Waals surface area contributed by atoms with Crippen molar-refractivity contribution in [1.82, 2.24) is 9.97 Å². The third-order valence-corrected chi connectivity index (χ3v) is 6.79. The van der Waals surface area contributed by atoms with E-state index in [0.717, 1.165) is 20.7 Å². The van der Waals surface area contributed by atoms with Crippen LogP contribution in [0.1, 0.15) is 22.9 Å². The molecule has 2 N–H and O–H groups in total. The van der Waals surface area contributed by atoms with Crippen molar-refractivity contribution >= 4 is 33.2 Å². The Balaban J connectivity index is 1.52. The van der Waals surface area contributed by atoms with Crippen LogP contribution in [0.3, 0.4) is 0 Å². The number of carboxylic acids is 1. The second-order valence-corrected chi connectivity index (χ2v) is 9.11. The number of aliphatic carboxylic acids is 1. The van der Waals surface area contributed by atoms with Crippen LogP contribution in [-0.2, 0) is 17.6 Å². The van der Waals surface area contributed by atoms with Crippen molar-refractivity contribution in [2.45, 2.75) is 26.7 Å². The van der Waals surface area contributed by atoms with Gasteiger partial charge in [0.2, 0.25) is 0 Å². The molecule has 0 fully saturated rings. The lowest BCUT2D eigenvalue weighted by atomic mass is 10.0. The molecule has 0 aliphatic heterocycles. The third-order valence-electron chi connectivity index (χ3n) is 5.63. The Morgan fingerprint density at radius 1 is 1.17 bits per heavy atom. The predicted molar refractivity (Wildman–Crippen MR) is 135 cm³/mol. The molecule has 2 heterocycles. The third kappa shape index (κ3) is 5.35. The summed E-state index contributed by atoms with van der Waals surface area (Å²) >= 11 is 1.53. The van der Waals surface area contributed by atoms with Crippen LogP contribution in [0.25, 0.3) is 21.3 Å². The van der Waals surface area contributed by atoms with Gasteiger partial charge in [-0.25, -0.2) is 14.4 Å². The van der Waals surface area contributed by atoms with Crippen molar-refractivity contribution in [2.75, 3.05) is 25.6 Å². The van der Waals surface area contributed by atoms with Gasteiger partial charge in [-0.1, -0.05) is 12.1 Å². The Kier molecular flexibility index (Phi) is 7.45. The van der Waals surface area contributed by atoms with Gasteiger partial charge >= 0.3 is 5.97 Å². The van der Waals surface area contributed by atoms with Crippen molar-refractivity contribution in [3.05, 3.63) is 64.5 Å². The molecule has 2 aromatic carbocycles. The number of nitrogens with zero attached hydrogens (tertiary/aromatic N) is 2. The number of carbonyl (C=O) groups is 1. The van der Waals surface area contributed by atoms with E-state index in [1.807, 2.05) is 26.0 Å². The summed E-state index contributed by atoms with van der Waals surface area (Å²) in [5.74, 6) is 0.672. The Morgan fingerprint density at radius 2 is 2.00 bits per heavy atom. The second kappa shape index (κ2) is 10.7. The molecule has 35 heavy (non-hydrogen) atoms. The number of benzene rings is 2. The minimum Gasteiger partial charge on any atom is -0.495 e. The molecular weight excluding hydrogens is 469 g/mol. The molecule has 0 amide bonds. The molecule has 182 valence electrons. The van der Waals surface area contributed by atoms with E-state index >= 15 is 0 Å². The highest BCUT2D eigenvalue weighted by molar-refractivity contribution is 7.19. The number of ether oxygens (including phenoxy) is 2. The fourth-order valence-electron chi connectivity index (χ4n) is 4.01. The van der Waals surface area contributed by atoms with E-state index < -0.39 is 5.97 Å². The van der Waals surface area contributed by atoms with Gasteiger partial charge in [0.1, 0.15) is 29.5 Å². The molecule has 0 saturated carbocycles. The minimum absolute atomic E-state index is 0.116. The first-order chi connectivity index (χ1) is 16.9. The summed E-state index contributed by atoms with van der Waals surface area (Å²) in [5, 5.41) is 13.1. The zero-order valence-electron chi connectivity index (χ0n) is 19.7. The maximum atomic E-state index is 14.6. The summed E-state index contributed by atoms with van der Waals surface area (Å²) in [6, 6.07) is 10.3. The number of anilines is 1. The smallest absolute Gasteiger partial charge is 0.307 e. The van der Waals surface area contributed by atoms with Crippen LogP contribution in [-0.4, -0.2) is 41.3 Å². The van der Waals surface area contributed by atoms with Crippen molar-refractivity contribution in [3.63, 3.8) is 0 Å². The van der Waals surface area contributed by atoms with Gasteiger partial charge in [-0.3, -0.25) is 4.79 Å². The summed E-state index contributed by atoms with van der Waals surface area (Å²) in [7, 11) is 1.59. The number of aromatic nitrogens is 2. The van der Waals surface area contributed by atoms with E-state index in [-0.39, 0.29) is 12.2 Å². The minimum atomic E-state index is -0.917. The Morgan fingerprint density at radius 3 is 2.74 bits per heavy atom. The number of methoxy groups -OCH3 is 1. The molecule has 7 nitrogen and oxygen atoms in total. The summed E-state index contributed by atoms with van der Waals surface area (Å²) in [5.41, 5.74) is 3.04. The van der Waals surface area contributed by atoms with Gasteiger partial charge in [-0.05, 0) is 44.0 Å². The summed E-state index contributed by atoms with van der Waals surface area (Å²) in [6.07, 6.45) is 1.97. The van der Waals surface area contributed by atoms with E-state index in [9.17, 15) is 9.18 Å². The van der Waals surface area contributed by atoms with E-state index in [4.69, 9.17) is 14.6 Å². The van der Waals surface area contributed by atoms with Crippen LogP contribution < -0.4 is 14.8 Å². The number of thiophene rings is 1. The van der Waals surface area contributed by atoms with Crippen molar-refractivity contribution in [1.29, 1.82) is 0 Å². The Bertz CT molecular complexity index is 1370. The van der Waals surface area contributed by atoms with E-state index in [2.05, 4.69) is 15.3 Å². The Labute approximate surface area is 206 Å². The highest BCUT2D eigenvalue weighted by Crippen LogP contribution is 2.39. The van der Waals surface area contributed by atoms with Crippen LogP contribution in [0.5, 0.6) is 11.5 Å². The molecule has 0 atom stereocenters. The molecule has 0 aliphatic rings.